The van der Waals surface area contributed by atoms with Crippen molar-refractivity contribution in [1.82, 2.24) is 15.0 Å². The highest BCUT2D eigenvalue weighted by molar-refractivity contribution is 6.36. The van der Waals surface area contributed by atoms with E-state index < -0.39 is 0 Å². The molecule has 0 amide bonds. The Morgan fingerprint density at radius 1 is 1.00 bits per heavy atom. The number of rotatable bonds is 6. The van der Waals surface area contributed by atoms with Crippen LogP contribution in [0.3, 0.4) is 0 Å². The number of anilines is 4. The molecule has 2 heterocycles. The van der Waals surface area contributed by atoms with Crippen molar-refractivity contribution in [2.45, 2.75) is 6.92 Å². The second-order valence-corrected chi connectivity index (χ2v) is 7.75. The molecule has 1 aliphatic rings. The fraction of sp³-hybridized carbons (Fsp3) is 0.238. The van der Waals surface area contributed by atoms with Gasteiger partial charge in [-0.15, -0.1) is 0 Å². The van der Waals surface area contributed by atoms with Gasteiger partial charge in [-0.25, -0.2) is 5.43 Å². The fourth-order valence-electron chi connectivity index (χ4n) is 2.91. The lowest BCUT2D eigenvalue weighted by Crippen LogP contribution is -2.37. The molecule has 0 spiro atoms. The summed E-state index contributed by atoms with van der Waals surface area (Å²) in [6, 6.07) is 13.2. The number of hydrogen-bond acceptors (Lipinski definition) is 8. The van der Waals surface area contributed by atoms with Gasteiger partial charge in [0.1, 0.15) is 0 Å². The van der Waals surface area contributed by atoms with E-state index in [1.54, 1.807) is 24.4 Å². The number of nitrogens with zero attached hydrogens (tertiary/aromatic N) is 5. The largest absolute Gasteiger partial charge is 0.378 e. The normalized spacial score (nSPS) is 14.1. The van der Waals surface area contributed by atoms with E-state index in [0.29, 0.717) is 54.2 Å². The van der Waals surface area contributed by atoms with Crippen molar-refractivity contribution in [1.29, 1.82) is 0 Å². The Bertz CT molecular complexity index is 1070. The molecule has 3 aromatic rings. The number of hydrogen-bond donors (Lipinski definition) is 2. The summed E-state index contributed by atoms with van der Waals surface area (Å²) in [5.41, 5.74) is 5.64. The van der Waals surface area contributed by atoms with Crippen LogP contribution in [0.5, 0.6) is 0 Å². The summed E-state index contributed by atoms with van der Waals surface area (Å²) in [4.78, 5) is 15.6. The van der Waals surface area contributed by atoms with Crippen LogP contribution in [-0.4, -0.2) is 47.5 Å². The Kier molecular flexibility index (Phi) is 6.81. The number of aryl methyl sites for hydroxylation is 1. The smallest absolute Gasteiger partial charge is 0.250 e. The second-order valence-electron chi connectivity index (χ2n) is 6.91. The maximum absolute atomic E-state index is 6.19. The predicted octanol–water partition coefficient (Wildman–Crippen LogP) is 4.51. The van der Waals surface area contributed by atoms with E-state index in [-0.39, 0.29) is 0 Å². The molecule has 0 atom stereocenters. The highest BCUT2D eigenvalue weighted by Crippen LogP contribution is 2.21. The summed E-state index contributed by atoms with van der Waals surface area (Å²) in [7, 11) is 0. The highest BCUT2D eigenvalue weighted by atomic mass is 35.5. The topological polar surface area (TPSA) is 87.6 Å². The molecular weight excluding hydrogens is 437 g/mol. The second kappa shape index (κ2) is 9.91. The van der Waals surface area contributed by atoms with Gasteiger partial charge in [0.05, 0.1) is 24.5 Å². The summed E-state index contributed by atoms with van der Waals surface area (Å²) in [5.74, 6) is 1.28. The van der Waals surface area contributed by atoms with Crippen LogP contribution in [0.15, 0.2) is 47.6 Å². The lowest BCUT2D eigenvalue weighted by molar-refractivity contribution is 0.122. The average molecular weight is 458 g/mol. The van der Waals surface area contributed by atoms with Crippen LogP contribution in [0.4, 0.5) is 23.5 Å². The third kappa shape index (κ3) is 5.81. The van der Waals surface area contributed by atoms with Crippen LogP contribution in [0.1, 0.15) is 11.1 Å². The summed E-state index contributed by atoms with van der Waals surface area (Å²) in [6.45, 7) is 4.70. The lowest BCUT2D eigenvalue weighted by atomic mass is 10.2. The van der Waals surface area contributed by atoms with Crippen molar-refractivity contribution in [2.24, 2.45) is 5.10 Å². The van der Waals surface area contributed by atoms with Gasteiger partial charge in [0, 0.05) is 29.4 Å². The molecule has 0 saturated carbocycles. The third-order valence-electron chi connectivity index (χ3n) is 4.56. The minimum atomic E-state index is 0.312. The van der Waals surface area contributed by atoms with Gasteiger partial charge in [0.15, 0.2) is 0 Å². The zero-order chi connectivity index (χ0) is 21.6. The SMILES string of the molecule is Cc1ccc(Nc2nc(NN=Cc3ccc(Cl)cc3Cl)nc(N3CCOCC3)n2)cc1. The van der Waals surface area contributed by atoms with Crippen LogP contribution in [0.25, 0.3) is 0 Å². The predicted molar refractivity (Wildman–Crippen MR) is 125 cm³/mol. The van der Waals surface area contributed by atoms with E-state index >= 15 is 0 Å². The molecule has 4 rings (SSSR count). The number of nitrogens with one attached hydrogen (secondary N) is 2. The van der Waals surface area contributed by atoms with Crippen molar-refractivity contribution in [3.05, 3.63) is 63.6 Å². The molecule has 0 unspecified atom stereocenters. The van der Waals surface area contributed by atoms with Crippen molar-refractivity contribution in [3.63, 3.8) is 0 Å². The molecular formula is C21H21Cl2N7O. The van der Waals surface area contributed by atoms with E-state index in [2.05, 4.69) is 35.7 Å². The van der Waals surface area contributed by atoms with Crippen LogP contribution < -0.4 is 15.6 Å². The van der Waals surface area contributed by atoms with E-state index in [9.17, 15) is 0 Å². The number of hydrazone groups is 1. The monoisotopic (exact) mass is 457 g/mol. The summed E-state index contributed by atoms with van der Waals surface area (Å²) in [6.07, 6.45) is 1.59. The van der Waals surface area contributed by atoms with Crippen molar-refractivity contribution in [3.8, 4) is 0 Å². The molecule has 1 aromatic heterocycles. The minimum absolute atomic E-state index is 0.312. The molecule has 8 nitrogen and oxygen atoms in total. The quantitative estimate of drug-likeness (QED) is 0.415. The first kappa shape index (κ1) is 21.3. The number of halogens is 2. The standard InChI is InChI=1S/C21H21Cl2N7O/c1-14-2-6-17(7-3-14)25-19-26-20(28-21(27-19)30-8-10-31-11-9-30)29-24-13-15-4-5-16(22)12-18(15)23/h2-7,12-13H,8-11H2,1H3,(H2,25,26,27,28,29). The Morgan fingerprint density at radius 3 is 2.48 bits per heavy atom. The number of ether oxygens (including phenoxy) is 1. The maximum atomic E-state index is 6.19. The van der Waals surface area contributed by atoms with E-state index in [1.807, 2.05) is 31.2 Å². The van der Waals surface area contributed by atoms with Gasteiger partial charge >= 0.3 is 0 Å². The lowest BCUT2D eigenvalue weighted by Gasteiger charge is -2.27. The Hall–Kier alpha value is -2.94. The number of aromatic nitrogens is 3. The molecule has 0 radical (unpaired) electrons. The van der Waals surface area contributed by atoms with Crippen LogP contribution >= 0.6 is 23.2 Å². The molecule has 1 fully saturated rings. The molecule has 31 heavy (non-hydrogen) atoms. The van der Waals surface area contributed by atoms with Crippen LogP contribution in [0.2, 0.25) is 10.0 Å². The first-order chi connectivity index (χ1) is 15.1. The first-order valence-electron chi connectivity index (χ1n) is 9.73. The van der Waals surface area contributed by atoms with Crippen LogP contribution in [0, 0.1) is 6.92 Å². The zero-order valence-electron chi connectivity index (χ0n) is 16.8. The molecule has 10 heteroatoms. The number of benzene rings is 2. The fourth-order valence-corrected chi connectivity index (χ4v) is 3.36. The van der Waals surface area contributed by atoms with Gasteiger partial charge < -0.3 is 15.0 Å². The van der Waals surface area contributed by atoms with Gasteiger partial charge in [0.2, 0.25) is 17.8 Å². The molecule has 160 valence electrons. The Balaban J connectivity index is 1.57. The summed E-state index contributed by atoms with van der Waals surface area (Å²) < 4.78 is 5.43. The average Bonchev–Trinajstić information content (AvgIpc) is 2.77. The van der Waals surface area contributed by atoms with Gasteiger partial charge in [-0.05, 0) is 31.2 Å². The van der Waals surface area contributed by atoms with E-state index in [0.717, 1.165) is 11.3 Å². The van der Waals surface area contributed by atoms with E-state index in [1.165, 1.54) is 5.56 Å². The van der Waals surface area contributed by atoms with Crippen molar-refractivity contribution in [2.75, 3.05) is 41.9 Å². The summed E-state index contributed by atoms with van der Waals surface area (Å²) >= 11 is 12.1. The van der Waals surface area contributed by atoms with Gasteiger partial charge in [-0.2, -0.15) is 20.1 Å². The van der Waals surface area contributed by atoms with Gasteiger partial charge in [-0.1, -0.05) is 47.0 Å². The Morgan fingerprint density at radius 2 is 1.74 bits per heavy atom. The minimum Gasteiger partial charge on any atom is -0.378 e. The molecule has 2 N–H and O–H groups in total. The summed E-state index contributed by atoms with van der Waals surface area (Å²) in [5, 5.41) is 8.52. The molecule has 0 aliphatic carbocycles. The Labute approximate surface area is 190 Å². The van der Waals surface area contributed by atoms with Gasteiger partial charge in [0.25, 0.3) is 0 Å². The zero-order valence-corrected chi connectivity index (χ0v) is 18.4. The maximum Gasteiger partial charge on any atom is 0.250 e. The highest BCUT2D eigenvalue weighted by Gasteiger charge is 2.16. The van der Waals surface area contributed by atoms with Crippen LogP contribution in [-0.2, 0) is 4.74 Å². The molecule has 0 bridgehead atoms. The number of morpholine rings is 1. The van der Waals surface area contributed by atoms with E-state index in [4.69, 9.17) is 27.9 Å². The first-order valence-corrected chi connectivity index (χ1v) is 10.5. The van der Waals surface area contributed by atoms with Gasteiger partial charge in [-0.3, -0.25) is 0 Å². The molecule has 2 aromatic carbocycles. The third-order valence-corrected chi connectivity index (χ3v) is 5.12. The molecule has 1 aliphatic heterocycles. The molecule has 1 saturated heterocycles. The van der Waals surface area contributed by atoms with Crippen molar-refractivity contribution >= 4 is 52.9 Å². The van der Waals surface area contributed by atoms with Crippen molar-refractivity contribution < 1.29 is 4.74 Å².